The van der Waals surface area contributed by atoms with E-state index in [2.05, 4.69) is 52.3 Å². The van der Waals surface area contributed by atoms with Crippen molar-refractivity contribution in [3.8, 4) is 0 Å². The van der Waals surface area contributed by atoms with Gasteiger partial charge in [0.05, 0.1) is 0 Å². The Morgan fingerprint density at radius 1 is 0.840 bits per heavy atom. The molecule has 1 nitrogen and oxygen atoms in total. The molecule has 0 aliphatic heterocycles. The van der Waals surface area contributed by atoms with Crippen molar-refractivity contribution in [1.29, 1.82) is 0 Å². The molecule has 0 spiro atoms. The Balaban J connectivity index is 1.92. The monoisotopic (exact) mass is 408 g/mol. The molecule has 0 fully saturated rings. The number of rotatable bonds is 3. The predicted molar refractivity (Wildman–Crippen MR) is 112 cm³/mol. The Labute approximate surface area is 156 Å². The normalized spacial score (nSPS) is 19.0. The third-order valence-electron chi connectivity index (χ3n) is 4.73. The van der Waals surface area contributed by atoms with Crippen LogP contribution in [0.25, 0.3) is 10.8 Å². The lowest BCUT2D eigenvalue weighted by molar-refractivity contribution is 0.582. The molecule has 1 aliphatic carbocycles. The van der Waals surface area contributed by atoms with Gasteiger partial charge in [0.2, 0.25) is 0 Å². The van der Waals surface area contributed by atoms with Crippen molar-refractivity contribution >= 4 is 44.5 Å². The topological polar surface area (TPSA) is 17.1 Å². The van der Waals surface area contributed by atoms with Gasteiger partial charge in [0.25, 0.3) is 0 Å². The summed E-state index contributed by atoms with van der Waals surface area (Å²) in [6, 6.07) is 22.3. The van der Waals surface area contributed by atoms with Crippen LogP contribution in [0.4, 0.5) is 0 Å². The molecular weight excluding hydrogens is 391 g/mol. The highest BCUT2D eigenvalue weighted by Gasteiger charge is 2.35. The van der Waals surface area contributed by atoms with E-state index in [4.69, 9.17) is 0 Å². The highest BCUT2D eigenvalue weighted by Crippen LogP contribution is 2.51. The van der Waals surface area contributed by atoms with Crippen molar-refractivity contribution < 1.29 is 4.57 Å². The number of allylic oxidation sites excluding steroid dienone is 4. The van der Waals surface area contributed by atoms with E-state index in [0.717, 1.165) is 32.3 Å². The molecule has 25 heavy (non-hydrogen) atoms. The molecule has 4 rings (SSSR count). The van der Waals surface area contributed by atoms with Crippen LogP contribution in [-0.2, 0) is 4.57 Å². The van der Waals surface area contributed by atoms with E-state index in [-0.39, 0.29) is 5.66 Å². The third kappa shape index (κ3) is 3.05. The molecule has 0 bridgehead atoms. The summed E-state index contributed by atoms with van der Waals surface area (Å²) in [5, 5.41) is 4.12. The van der Waals surface area contributed by atoms with Gasteiger partial charge in [-0.15, -0.1) is 0 Å². The number of halogens is 1. The lowest BCUT2D eigenvalue weighted by Gasteiger charge is -2.27. The summed E-state index contributed by atoms with van der Waals surface area (Å²) in [5.74, 6) is 0. The van der Waals surface area contributed by atoms with E-state index >= 15 is 0 Å². The molecule has 0 saturated heterocycles. The molecule has 2 atom stereocenters. The Morgan fingerprint density at radius 3 is 2.36 bits per heavy atom. The molecule has 3 aromatic carbocycles. The fraction of sp³-hybridized carbons (Fsp3) is 0.0909. The van der Waals surface area contributed by atoms with Gasteiger partial charge in [-0.2, -0.15) is 0 Å². The summed E-state index contributed by atoms with van der Waals surface area (Å²) in [6.45, 7) is 0. The zero-order chi connectivity index (χ0) is 17.3. The second-order valence-electron chi connectivity index (χ2n) is 6.29. The molecule has 124 valence electrons. The lowest BCUT2D eigenvalue weighted by Crippen LogP contribution is -2.25. The summed E-state index contributed by atoms with van der Waals surface area (Å²) >= 11 is 3.52. The first-order valence-corrected chi connectivity index (χ1v) is 10.9. The van der Waals surface area contributed by atoms with Gasteiger partial charge in [0.15, 0.2) is 0 Å². The number of hydrogen-bond donors (Lipinski definition) is 0. The van der Waals surface area contributed by atoms with Crippen LogP contribution in [0.2, 0.25) is 0 Å². The summed E-state index contributed by atoms with van der Waals surface area (Å²) < 4.78 is 15.4. The lowest BCUT2D eigenvalue weighted by atomic mass is 10.1. The minimum absolute atomic E-state index is 0.00722. The Hall–Kier alpha value is -1.89. The summed E-state index contributed by atoms with van der Waals surface area (Å²) in [5.41, 5.74) is 0.00722. The van der Waals surface area contributed by atoms with Crippen LogP contribution in [0.5, 0.6) is 0 Å². The molecule has 3 heteroatoms. The van der Waals surface area contributed by atoms with Gasteiger partial charge in [-0.3, -0.25) is 0 Å². The van der Waals surface area contributed by atoms with Crippen molar-refractivity contribution in [1.82, 2.24) is 0 Å². The standard InChI is InChI=1S/C22H18BrOP/c23-19-13-11-18-16-22(14-12-17(18)15-19)25(24,20-7-3-1-4-8-20)21-9-5-2-6-10-21/h1-9,11-16,21H,10H2. The minimum atomic E-state index is -2.77. The zero-order valence-electron chi connectivity index (χ0n) is 13.7. The average Bonchev–Trinajstić information content (AvgIpc) is 2.68. The maximum atomic E-state index is 14.4. The third-order valence-corrected chi connectivity index (χ3v) is 8.66. The molecule has 0 N–H and O–H groups in total. The molecule has 0 saturated carbocycles. The van der Waals surface area contributed by atoms with Crippen LogP contribution >= 0.6 is 23.1 Å². The fourth-order valence-electron chi connectivity index (χ4n) is 3.43. The first kappa shape index (κ1) is 16.6. The van der Waals surface area contributed by atoms with Gasteiger partial charge in [0.1, 0.15) is 7.14 Å². The van der Waals surface area contributed by atoms with Crippen molar-refractivity contribution in [3.63, 3.8) is 0 Å². The van der Waals surface area contributed by atoms with Crippen molar-refractivity contribution in [3.05, 3.63) is 95.5 Å². The van der Waals surface area contributed by atoms with Gasteiger partial charge < -0.3 is 4.57 Å². The van der Waals surface area contributed by atoms with Gasteiger partial charge in [-0.1, -0.05) is 88.8 Å². The highest BCUT2D eigenvalue weighted by molar-refractivity contribution is 9.10. The van der Waals surface area contributed by atoms with E-state index in [1.807, 2.05) is 54.6 Å². The summed E-state index contributed by atoms with van der Waals surface area (Å²) in [6.07, 6.45) is 9.06. The summed E-state index contributed by atoms with van der Waals surface area (Å²) in [4.78, 5) is 0. The first-order valence-electron chi connectivity index (χ1n) is 8.36. The number of fused-ring (bicyclic) bond motifs is 1. The molecule has 1 aliphatic rings. The first-order chi connectivity index (χ1) is 12.2. The van der Waals surface area contributed by atoms with E-state index < -0.39 is 7.14 Å². The number of hydrogen-bond acceptors (Lipinski definition) is 1. The molecular formula is C22H18BrOP. The zero-order valence-corrected chi connectivity index (χ0v) is 16.2. The Kier molecular flexibility index (Phi) is 4.50. The smallest absolute Gasteiger partial charge is 0.150 e. The quantitative estimate of drug-likeness (QED) is 0.500. The van der Waals surface area contributed by atoms with Gasteiger partial charge in [0, 0.05) is 20.7 Å². The van der Waals surface area contributed by atoms with Crippen LogP contribution in [0.3, 0.4) is 0 Å². The maximum Gasteiger partial charge on any atom is 0.150 e. The van der Waals surface area contributed by atoms with Crippen LogP contribution in [0, 0.1) is 0 Å². The van der Waals surface area contributed by atoms with Gasteiger partial charge in [-0.05, 0) is 35.4 Å². The Bertz CT molecular complexity index is 1020. The Morgan fingerprint density at radius 2 is 1.60 bits per heavy atom. The molecule has 3 aromatic rings. The highest BCUT2D eigenvalue weighted by atomic mass is 79.9. The minimum Gasteiger partial charge on any atom is -0.313 e. The van der Waals surface area contributed by atoms with Crippen LogP contribution in [-0.4, -0.2) is 5.66 Å². The van der Waals surface area contributed by atoms with Crippen molar-refractivity contribution in [2.24, 2.45) is 0 Å². The molecule has 0 heterocycles. The van der Waals surface area contributed by atoms with E-state index in [0.29, 0.717) is 0 Å². The van der Waals surface area contributed by atoms with Crippen molar-refractivity contribution in [2.45, 2.75) is 12.1 Å². The molecule has 0 amide bonds. The molecule has 0 radical (unpaired) electrons. The largest absolute Gasteiger partial charge is 0.313 e. The fourth-order valence-corrected chi connectivity index (χ4v) is 6.87. The maximum absolute atomic E-state index is 14.4. The molecule has 0 aromatic heterocycles. The second kappa shape index (κ2) is 6.78. The predicted octanol–water partition coefficient (Wildman–Crippen LogP) is 5.80. The average molecular weight is 409 g/mol. The van der Waals surface area contributed by atoms with Crippen molar-refractivity contribution in [2.75, 3.05) is 0 Å². The summed E-state index contributed by atoms with van der Waals surface area (Å²) in [7, 11) is -2.77. The molecule has 2 unspecified atom stereocenters. The van der Waals surface area contributed by atoms with Gasteiger partial charge >= 0.3 is 0 Å². The van der Waals surface area contributed by atoms with Gasteiger partial charge in [-0.25, -0.2) is 0 Å². The van der Waals surface area contributed by atoms with Crippen LogP contribution in [0.15, 0.2) is 95.5 Å². The van der Waals surface area contributed by atoms with E-state index in [1.54, 1.807) is 0 Å². The second-order valence-corrected chi connectivity index (χ2v) is 10.2. The van der Waals surface area contributed by atoms with E-state index in [9.17, 15) is 4.57 Å². The van der Waals surface area contributed by atoms with E-state index in [1.165, 1.54) is 0 Å². The SMILES string of the molecule is O=P(c1ccccc1)(c1ccc2cc(Br)ccc2c1)C1C=CC=CC1. The van der Waals surface area contributed by atoms with Crippen LogP contribution in [0.1, 0.15) is 6.42 Å². The van der Waals surface area contributed by atoms with Crippen LogP contribution < -0.4 is 10.6 Å². The number of benzene rings is 3.